The van der Waals surface area contributed by atoms with Crippen LogP contribution in [0.25, 0.3) is 10.8 Å². The molecular weight excluding hydrogens is 273 g/mol. The van der Waals surface area contributed by atoms with Crippen molar-refractivity contribution in [2.45, 2.75) is 12.3 Å². The second-order valence-corrected chi connectivity index (χ2v) is 4.18. The zero-order chi connectivity index (χ0) is 14.8. The minimum Gasteiger partial charge on any atom is -0.490 e. The standard InChI is InChI=1S/C14H11F3O3/c15-14(16,17)13(19)8-20-12-6-5-9-3-1-2-4-10(9)11(12)7-18/h1-7,13,19H,8H2. The number of carbonyl (C=O) groups is 1. The van der Waals surface area contributed by atoms with Crippen LogP contribution in [-0.4, -0.2) is 30.3 Å². The van der Waals surface area contributed by atoms with Gasteiger partial charge >= 0.3 is 6.18 Å². The molecular formula is C14H11F3O3. The molecule has 2 rings (SSSR count). The van der Waals surface area contributed by atoms with Crippen LogP contribution in [-0.2, 0) is 0 Å². The van der Waals surface area contributed by atoms with Crippen molar-refractivity contribution in [1.82, 2.24) is 0 Å². The Hall–Kier alpha value is -2.08. The molecule has 0 aliphatic carbocycles. The predicted octanol–water partition coefficient (Wildman–Crippen LogP) is 2.95. The Balaban J connectivity index is 2.29. The highest BCUT2D eigenvalue weighted by Crippen LogP contribution is 2.28. The lowest BCUT2D eigenvalue weighted by molar-refractivity contribution is -0.210. The molecule has 0 bridgehead atoms. The van der Waals surface area contributed by atoms with E-state index in [0.29, 0.717) is 11.7 Å². The summed E-state index contributed by atoms with van der Waals surface area (Å²) in [6.45, 7) is -0.956. The number of aliphatic hydroxyl groups is 1. The predicted molar refractivity (Wildman–Crippen MR) is 66.9 cm³/mol. The Kier molecular flexibility index (Phi) is 3.94. The van der Waals surface area contributed by atoms with Crippen LogP contribution in [0.4, 0.5) is 13.2 Å². The summed E-state index contributed by atoms with van der Waals surface area (Å²) < 4.78 is 41.5. The first-order valence-electron chi connectivity index (χ1n) is 5.78. The quantitative estimate of drug-likeness (QED) is 0.878. The largest absolute Gasteiger partial charge is 0.490 e. The summed E-state index contributed by atoms with van der Waals surface area (Å²) in [5.74, 6) is 0.0157. The minimum atomic E-state index is -4.75. The Morgan fingerprint density at radius 2 is 1.90 bits per heavy atom. The number of alkyl halides is 3. The second-order valence-electron chi connectivity index (χ2n) is 4.18. The zero-order valence-corrected chi connectivity index (χ0v) is 10.2. The van der Waals surface area contributed by atoms with Gasteiger partial charge in [0.25, 0.3) is 0 Å². The number of hydrogen-bond acceptors (Lipinski definition) is 3. The van der Waals surface area contributed by atoms with Crippen LogP contribution < -0.4 is 4.74 Å². The molecule has 106 valence electrons. The van der Waals surface area contributed by atoms with Crippen molar-refractivity contribution < 1.29 is 27.8 Å². The van der Waals surface area contributed by atoms with Gasteiger partial charge < -0.3 is 9.84 Å². The van der Waals surface area contributed by atoms with E-state index in [9.17, 15) is 18.0 Å². The third-order valence-electron chi connectivity index (χ3n) is 2.82. The van der Waals surface area contributed by atoms with Crippen molar-refractivity contribution in [3.8, 4) is 5.75 Å². The SMILES string of the molecule is O=Cc1c(OCC(O)C(F)(F)F)ccc2ccccc12. The van der Waals surface area contributed by atoms with Crippen LogP contribution in [0.3, 0.4) is 0 Å². The van der Waals surface area contributed by atoms with Crippen LogP contribution in [0.5, 0.6) is 5.75 Å². The van der Waals surface area contributed by atoms with Gasteiger partial charge in [-0.3, -0.25) is 4.79 Å². The van der Waals surface area contributed by atoms with Gasteiger partial charge in [0, 0.05) is 0 Å². The molecule has 3 nitrogen and oxygen atoms in total. The van der Waals surface area contributed by atoms with Crippen molar-refractivity contribution in [3.05, 3.63) is 42.0 Å². The van der Waals surface area contributed by atoms with Crippen LogP contribution in [0.1, 0.15) is 10.4 Å². The molecule has 0 radical (unpaired) electrons. The van der Waals surface area contributed by atoms with Gasteiger partial charge in [0.1, 0.15) is 12.4 Å². The number of ether oxygens (including phenoxy) is 1. The Bertz CT molecular complexity index is 623. The van der Waals surface area contributed by atoms with E-state index in [1.165, 1.54) is 6.07 Å². The first-order valence-corrected chi connectivity index (χ1v) is 5.78. The molecule has 2 aromatic rings. The molecule has 0 aliphatic rings. The van der Waals surface area contributed by atoms with Crippen molar-refractivity contribution in [3.63, 3.8) is 0 Å². The highest BCUT2D eigenvalue weighted by molar-refractivity contribution is 6.00. The lowest BCUT2D eigenvalue weighted by atomic mass is 10.0. The monoisotopic (exact) mass is 284 g/mol. The fourth-order valence-electron chi connectivity index (χ4n) is 1.79. The van der Waals surface area contributed by atoms with Gasteiger partial charge in [-0.1, -0.05) is 30.3 Å². The highest BCUT2D eigenvalue weighted by Gasteiger charge is 2.38. The fourth-order valence-corrected chi connectivity index (χ4v) is 1.79. The Labute approximate surface area is 112 Å². The van der Waals surface area contributed by atoms with E-state index in [4.69, 9.17) is 9.84 Å². The van der Waals surface area contributed by atoms with Crippen LogP contribution in [0.15, 0.2) is 36.4 Å². The number of rotatable bonds is 4. The maximum atomic E-state index is 12.2. The molecule has 1 N–H and O–H groups in total. The first kappa shape index (κ1) is 14.3. The van der Waals surface area contributed by atoms with E-state index in [1.807, 2.05) is 0 Å². The van der Waals surface area contributed by atoms with Gasteiger partial charge in [-0.2, -0.15) is 13.2 Å². The lowest BCUT2D eigenvalue weighted by Crippen LogP contribution is -2.34. The van der Waals surface area contributed by atoms with E-state index in [0.717, 1.165) is 5.39 Å². The molecule has 0 heterocycles. The summed E-state index contributed by atoms with van der Waals surface area (Å²) in [5, 5.41) is 10.2. The summed E-state index contributed by atoms with van der Waals surface area (Å²) in [6, 6.07) is 9.99. The van der Waals surface area contributed by atoms with Gasteiger partial charge in [0.15, 0.2) is 12.4 Å². The zero-order valence-electron chi connectivity index (χ0n) is 10.2. The maximum Gasteiger partial charge on any atom is 0.417 e. The topological polar surface area (TPSA) is 46.5 Å². The summed E-state index contributed by atoms with van der Waals surface area (Å²) in [7, 11) is 0. The van der Waals surface area contributed by atoms with Crippen molar-refractivity contribution in [2.24, 2.45) is 0 Å². The number of aliphatic hydroxyl groups excluding tert-OH is 1. The van der Waals surface area contributed by atoms with Crippen LogP contribution in [0, 0.1) is 0 Å². The highest BCUT2D eigenvalue weighted by atomic mass is 19.4. The molecule has 6 heteroatoms. The fraction of sp³-hybridized carbons (Fsp3) is 0.214. The van der Waals surface area contributed by atoms with Crippen molar-refractivity contribution in [1.29, 1.82) is 0 Å². The molecule has 0 amide bonds. The van der Waals surface area contributed by atoms with E-state index in [2.05, 4.69) is 0 Å². The average molecular weight is 284 g/mol. The molecule has 1 atom stereocenters. The Morgan fingerprint density at radius 3 is 2.55 bits per heavy atom. The van der Waals surface area contributed by atoms with Gasteiger partial charge in [0.05, 0.1) is 5.56 Å². The third-order valence-corrected chi connectivity index (χ3v) is 2.82. The number of fused-ring (bicyclic) bond motifs is 1. The van der Waals surface area contributed by atoms with Crippen molar-refractivity contribution >= 4 is 17.1 Å². The van der Waals surface area contributed by atoms with E-state index >= 15 is 0 Å². The Morgan fingerprint density at radius 1 is 1.20 bits per heavy atom. The third kappa shape index (κ3) is 2.91. The average Bonchev–Trinajstić information content (AvgIpc) is 2.42. The van der Waals surface area contributed by atoms with E-state index in [-0.39, 0.29) is 11.3 Å². The summed E-state index contributed by atoms with van der Waals surface area (Å²) in [5.41, 5.74) is 0.164. The lowest BCUT2D eigenvalue weighted by Gasteiger charge is -2.16. The molecule has 0 fully saturated rings. The van der Waals surface area contributed by atoms with E-state index in [1.54, 1.807) is 30.3 Å². The van der Waals surface area contributed by atoms with Gasteiger partial charge in [-0.25, -0.2) is 0 Å². The number of aldehydes is 1. The smallest absolute Gasteiger partial charge is 0.417 e. The van der Waals surface area contributed by atoms with E-state index < -0.39 is 18.9 Å². The van der Waals surface area contributed by atoms with Crippen LogP contribution in [0.2, 0.25) is 0 Å². The molecule has 1 unspecified atom stereocenters. The molecule has 0 aromatic heterocycles. The normalized spacial score (nSPS) is 13.2. The molecule has 2 aromatic carbocycles. The molecule has 0 saturated carbocycles. The molecule has 0 saturated heterocycles. The maximum absolute atomic E-state index is 12.2. The molecule has 0 aliphatic heterocycles. The van der Waals surface area contributed by atoms with Crippen LogP contribution >= 0.6 is 0 Å². The second kappa shape index (κ2) is 5.50. The number of hydrogen-bond donors (Lipinski definition) is 1. The number of benzene rings is 2. The minimum absolute atomic E-state index is 0.0157. The first-order chi connectivity index (χ1) is 9.43. The van der Waals surface area contributed by atoms with Gasteiger partial charge in [0.2, 0.25) is 0 Å². The summed E-state index contributed by atoms with van der Waals surface area (Å²) in [6.07, 6.45) is -6.82. The number of halogens is 3. The summed E-state index contributed by atoms with van der Waals surface area (Å²) in [4.78, 5) is 11.1. The van der Waals surface area contributed by atoms with Gasteiger partial charge in [-0.15, -0.1) is 0 Å². The molecule has 20 heavy (non-hydrogen) atoms. The summed E-state index contributed by atoms with van der Waals surface area (Å²) >= 11 is 0. The number of carbonyl (C=O) groups excluding carboxylic acids is 1. The van der Waals surface area contributed by atoms with Crippen molar-refractivity contribution in [2.75, 3.05) is 6.61 Å². The van der Waals surface area contributed by atoms with Gasteiger partial charge in [-0.05, 0) is 16.8 Å². The molecule has 0 spiro atoms.